The summed E-state index contributed by atoms with van der Waals surface area (Å²) in [6.45, 7) is 2.36. The summed E-state index contributed by atoms with van der Waals surface area (Å²) in [6, 6.07) is 9.18. The average Bonchev–Trinajstić information content (AvgIpc) is 3.02. The molecule has 2 fully saturated rings. The maximum absolute atomic E-state index is 12.3. The van der Waals surface area contributed by atoms with Crippen LogP contribution < -0.4 is 10.2 Å². The van der Waals surface area contributed by atoms with E-state index < -0.39 is 17.7 Å². The van der Waals surface area contributed by atoms with Gasteiger partial charge in [-0.3, -0.25) is 9.59 Å². The van der Waals surface area contributed by atoms with E-state index in [1.54, 1.807) is 4.90 Å². The molecule has 1 aromatic carbocycles. The number of ketones is 1. The zero-order chi connectivity index (χ0) is 16.9. The molecule has 0 radical (unpaired) electrons. The number of amides is 1. The molecule has 2 saturated heterocycles. The predicted octanol–water partition coefficient (Wildman–Crippen LogP) is 1.15. The highest BCUT2D eigenvalue weighted by Gasteiger charge is 2.38. The van der Waals surface area contributed by atoms with Crippen LogP contribution >= 0.6 is 0 Å². The van der Waals surface area contributed by atoms with Crippen LogP contribution in [0, 0.1) is 11.8 Å². The van der Waals surface area contributed by atoms with E-state index in [-0.39, 0.29) is 25.5 Å². The van der Waals surface area contributed by atoms with E-state index in [4.69, 9.17) is 4.74 Å². The number of rotatable bonds is 5. The fourth-order valence-electron chi connectivity index (χ4n) is 3.22. The van der Waals surface area contributed by atoms with E-state index in [9.17, 15) is 14.4 Å². The molecule has 6 nitrogen and oxygen atoms in total. The second-order valence-corrected chi connectivity index (χ2v) is 6.40. The second-order valence-electron chi connectivity index (χ2n) is 6.40. The molecule has 2 aliphatic heterocycles. The van der Waals surface area contributed by atoms with Crippen molar-refractivity contribution in [3.8, 4) is 0 Å². The average molecular weight is 330 g/mol. The van der Waals surface area contributed by atoms with E-state index in [0.717, 1.165) is 31.6 Å². The lowest BCUT2D eigenvalue weighted by Crippen LogP contribution is -2.33. The normalized spacial score (nSPS) is 21.8. The number of benzene rings is 1. The number of para-hydroxylation sites is 1. The molecular weight excluding hydrogens is 308 g/mol. The fourth-order valence-corrected chi connectivity index (χ4v) is 3.22. The van der Waals surface area contributed by atoms with Crippen LogP contribution in [0.3, 0.4) is 0 Å². The molecule has 24 heavy (non-hydrogen) atoms. The third-order valence-electron chi connectivity index (χ3n) is 4.67. The van der Waals surface area contributed by atoms with E-state index in [1.165, 1.54) is 0 Å². The number of carbonyl (C=O) groups excluding carboxylic acids is 3. The molecule has 128 valence electrons. The summed E-state index contributed by atoms with van der Waals surface area (Å²) in [5.74, 6) is -1.82. The maximum atomic E-state index is 12.3. The Balaban J connectivity index is 1.53. The number of hydrogen-bond donors (Lipinski definition) is 1. The van der Waals surface area contributed by atoms with Crippen molar-refractivity contribution in [3.63, 3.8) is 0 Å². The van der Waals surface area contributed by atoms with Gasteiger partial charge < -0.3 is 15.0 Å². The summed E-state index contributed by atoms with van der Waals surface area (Å²) in [4.78, 5) is 38.0. The minimum atomic E-state index is -0.804. The van der Waals surface area contributed by atoms with E-state index in [1.807, 2.05) is 30.3 Å². The SMILES string of the molecule is O=C(OCC1CCNCC1)C(=O)C1CC(=O)N(c2ccccc2)C1. The van der Waals surface area contributed by atoms with Gasteiger partial charge >= 0.3 is 5.97 Å². The monoisotopic (exact) mass is 330 g/mol. The lowest BCUT2D eigenvalue weighted by atomic mass is 9.99. The lowest BCUT2D eigenvalue weighted by molar-refractivity contribution is -0.156. The molecule has 2 aliphatic rings. The van der Waals surface area contributed by atoms with Gasteiger partial charge in [-0.1, -0.05) is 18.2 Å². The van der Waals surface area contributed by atoms with Gasteiger partial charge in [0.2, 0.25) is 11.7 Å². The topological polar surface area (TPSA) is 75.7 Å². The highest BCUT2D eigenvalue weighted by atomic mass is 16.5. The van der Waals surface area contributed by atoms with Crippen LogP contribution in [0.1, 0.15) is 19.3 Å². The van der Waals surface area contributed by atoms with Gasteiger partial charge in [0.05, 0.1) is 12.5 Å². The first kappa shape index (κ1) is 16.6. The van der Waals surface area contributed by atoms with Crippen LogP contribution in [0.2, 0.25) is 0 Å². The molecule has 3 rings (SSSR count). The van der Waals surface area contributed by atoms with Gasteiger partial charge in [0.15, 0.2) is 0 Å². The van der Waals surface area contributed by atoms with Gasteiger partial charge in [0.25, 0.3) is 0 Å². The summed E-state index contributed by atoms with van der Waals surface area (Å²) >= 11 is 0. The van der Waals surface area contributed by atoms with Gasteiger partial charge in [-0.2, -0.15) is 0 Å². The third kappa shape index (κ3) is 3.82. The Bertz CT molecular complexity index is 611. The molecule has 0 aliphatic carbocycles. The van der Waals surface area contributed by atoms with E-state index >= 15 is 0 Å². The van der Waals surface area contributed by atoms with Crippen molar-refractivity contribution in [1.82, 2.24) is 5.32 Å². The summed E-state index contributed by atoms with van der Waals surface area (Å²) in [5, 5.41) is 3.24. The summed E-state index contributed by atoms with van der Waals surface area (Å²) in [5.41, 5.74) is 0.751. The third-order valence-corrected chi connectivity index (χ3v) is 4.67. The van der Waals surface area contributed by atoms with Crippen LogP contribution in [0.4, 0.5) is 5.69 Å². The molecule has 0 saturated carbocycles. The van der Waals surface area contributed by atoms with Crippen molar-refractivity contribution >= 4 is 23.3 Å². The number of nitrogens with one attached hydrogen (secondary N) is 1. The number of carbonyl (C=O) groups is 3. The van der Waals surface area contributed by atoms with Gasteiger partial charge in [-0.15, -0.1) is 0 Å². The van der Waals surface area contributed by atoms with Gasteiger partial charge in [-0.25, -0.2) is 4.79 Å². The smallest absolute Gasteiger partial charge is 0.374 e. The summed E-state index contributed by atoms with van der Waals surface area (Å²) < 4.78 is 5.19. The van der Waals surface area contributed by atoms with Gasteiger partial charge in [-0.05, 0) is 44.0 Å². The van der Waals surface area contributed by atoms with Crippen molar-refractivity contribution in [2.45, 2.75) is 19.3 Å². The number of hydrogen-bond acceptors (Lipinski definition) is 5. The van der Waals surface area contributed by atoms with Crippen LogP contribution in [-0.4, -0.2) is 43.9 Å². The summed E-state index contributed by atoms with van der Waals surface area (Å²) in [7, 11) is 0. The molecule has 0 aromatic heterocycles. The largest absolute Gasteiger partial charge is 0.460 e. The Morgan fingerprint density at radius 2 is 1.88 bits per heavy atom. The van der Waals surface area contributed by atoms with Crippen molar-refractivity contribution in [3.05, 3.63) is 30.3 Å². The van der Waals surface area contributed by atoms with Crippen molar-refractivity contribution in [2.24, 2.45) is 11.8 Å². The molecule has 0 bridgehead atoms. The zero-order valence-electron chi connectivity index (χ0n) is 13.6. The number of esters is 1. The fraction of sp³-hybridized carbons (Fsp3) is 0.500. The number of nitrogens with zero attached hydrogens (tertiary/aromatic N) is 1. The molecule has 1 N–H and O–H groups in total. The highest BCUT2D eigenvalue weighted by molar-refractivity contribution is 6.35. The molecule has 6 heteroatoms. The Kier molecular flexibility index (Phi) is 5.25. The molecular formula is C18H22N2O4. The number of ether oxygens (including phenoxy) is 1. The minimum Gasteiger partial charge on any atom is -0.460 e. The maximum Gasteiger partial charge on any atom is 0.374 e. The predicted molar refractivity (Wildman–Crippen MR) is 88.5 cm³/mol. The van der Waals surface area contributed by atoms with Crippen LogP contribution in [0.25, 0.3) is 0 Å². The van der Waals surface area contributed by atoms with Crippen LogP contribution in [-0.2, 0) is 19.1 Å². The van der Waals surface area contributed by atoms with Crippen molar-refractivity contribution in [1.29, 1.82) is 0 Å². The van der Waals surface area contributed by atoms with Crippen LogP contribution in [0.15, 0.2) is 30.3 Å². The first-order chi connectivity index (χ1) is 11.6. The number of Topliss-reactive ketones (excluding diaryl/α,β-unsaturated/α-hetero) is 1. The van der Waals surface area contributed by atoms with E-state index in [0.29, 0.717) is 5.92 Å². The lowest BCUT2D eigenvalue weighted by Gasteiger charge is -2.22. The number of piperidine rings is 1. The van der Waals surface area contributed by atoms with Gasteiger partial charge in [0.1, 0.15) is 0 Å². The quantitative estimate of drug-likeness (QED) is 0.647. The highest BCUT2D eigenvalue weighted by Crippen LogP contribution is 2.25. The summed E-state index contributed by atoms with van der Waals surface area (Å²) in [6.07, 6.45) is 1.96. The Morgan fingerprint density at radius 3 is 2.58 bits per heavy atom. The Hall–Kier alpha value is -2.21. The first-order valence-electron chi connectivity index (χ1n) is 8.42. The standard InChI is InChI=1S/C18H22N2O4/c21-16-10-14(11-20(16)15-4-2-1-3-5-15)17(22)18(23)24-12-13-6-8-19-9-7-13/h1-5,13-14,19H,6-12H2. The van der Waals surface area contributed by atoms with Crippen LogP contribution in [0.5, 0.6) is 0 Å². The number of anilines is 1. The molecule has 1 aromatic rings. The minimum absolute atomic E-state index is 0.0657. The molecule has 0 spiro atoms. The Labute approximate surface area is 141 Å². The zero-order valence-corrected chi connectivity index (χ0v) is 13.6. The Morgan fingerprint density at radius 1 is 1.17 bits per heavy atom. The first-order valence-corrected chi connectivity index (χ1v) is 8.42. The van der Waals surface area contributed by atoms with Gasteiger partial charge in [0, 0.05) is 18.7 Å². The molecule has 2 heterocycles. The van der Waals surface area contributed by atoms with Crippen molar-refractivity contribution < 1.29 is 19.1 Å². The second kappa shape index (κ2) is 7.57. The molecule has 1 amide bonds. The molecule has 1 unspecified atom stereocenters. The van der Waals surface area contributed by atoms with E-state index in [2.05, 4.69) is 5.32 Å². The molecule has 1 atom stereocenters. The van der Waals surface area contributed by atoms with Crippen molar-refractivity contribution in [2.75, 3.05) is 31.1 Å².